The second-order valence-electron chi connectivity index (χ2n) is 6.36. The average molecular weight is 323 g/mol. The Hall–Kier alpha value is -2.62. The predicted octanol–water partition coefficient (Wildman–Crippen LogP) is 3.36. The van der Waals surface area contributed by atoms with Gasteiger partial charge in [-0.25, -0.2) is 0 Å². The first-order valence-electron chi connectivity index (χ1n) is 8.21. The zero-order chi connectivity index (χ0) is 17.1. The van der Waals surface area contributed by atoms with Gasteiger partial charge in [-0.1, -0.05) is 54.1 Å². The first-order valence-corrected chi connectivity index (χ1v) is 8.21. The maximum atomic E-state index is 12.4. The number of rotatable bonds is 5. The molecule has 24 heavy (non-hydrogen) atoms. The Morgan fingerprint density at radius 2 is 1.88 bits per heavy atom. The number of carbonyl (C=O) groups is 2. The van der Waals surface area contributed by atoms with Gasteiger partial charge in [0.2, 0.25) is 5.91 Å². The number of nitrogens with one attached hydrogen (secondary N) is 1. The van der Waals surface area contributed by atoms with Gasteiger partial charge in [-0.05, 0) is 36.5 Å². The topological polar surface area (TPSA) is 66.4 Å². The molecule has 0 fully saturated rings. The zero-order valence-corrected chi connectivity index (χ0v) is 13.7. The third-order valence-electron chi connectivity index (χ3n) is 4.64. The van der Waals surface area contributed by atoms with Crippen LogP contribution in [0.15, 0.2) is 48.5 Å². The lowest BCUT2D eigenvalue weighted by Crippen LogP contribution is -2.30. The molecule has 124 valence electrons. The fourth-order valence-corrected chi connectivity index (χ4v) is 3.29. The summed E-state index contributed by atoms with van der Waals surface area (Å²) >= 11 is 0. The lowest BCUT2D eigenvalue weighted by molar-refractivity contribution is -0.141. The first-order chi connectivity index (χ1) is 11.5. The van der Waals surface area contributed by atoms with E-state index in [4.69, 9.17) is 0 Å². The first kappa shape index (κ1) is 16.2. The van der Waals surface area contributed by atoms with Crippen molar-refractivity contribution in [2.45, 2.75) is 38.1 Å². The standard InChI is InChI=1S/C20H21NO3/c1-13-6-8-15(9-7-13)17(20(23)24)12-19(22)21-18-11-10-14-4-2-3-5-16(14)18/h2-9,17-18H,10-12H2,1H3,(H,21,22)(H,23,24). The van der Waals surface area contributed by atoms with E-state index in [9.17, 15) is 14.7 Å². The quantitative estimate of drug-likeness (QED) is 0.886. The van der Waals surface area contributed by atoms with Crippen molar-refractivity contribution in [1.29, 1.82) is 0 Å². The minimum atomic E-state index is -0.971. The van der Waals surface area contributed by atoms with Crippen LogP contribution in [0.25, 0.3) is 0 Å². The normalized spacial score (nSPS) is 17.1. The maximum Gasteiger partial charge on any atom is 0.311 e. The van der Waals surface area contributed by atoms with Gasteiger partial charge in [0.05, 0.1) is 12.0 Å². The van der Waals surface area contributed by atoms with E-state index >= 15 is 0 Å². The smallest absolute Gasteiger partial charge is 0.311 e. The van der Waals surface area contributed by atoms with E-state index in [1.807, 2.05) is 37.3 Å². The summed E-state index contributed by atoms with van der Waals surface area (Å²) in [5.74, 6) is -2.01. The summed E-state index contributed by atoms with van der Waals surface area (Å²) in [6.45, 7) is 1.95. The number of amides is 1. The van der Waals surface area contributed by atoms with Crippen LogP contribution in [0.2, 0.25) is 0 Å². The minimum Gasteiger partial charge on any atom is -0.481 e. The Kier molecular flexibility index (Phi) is 4.65. The number of aryl methyl sites for hydroxylation is 2. The molecule has 4 nitrogen and oxygen atoms in total. The zero-order valence-electron chi connectivity index (χ0n) is 13.7. The molecule has 2 N–H and O–H groups in total. The van der Waals surface area contributed by atoms with Crippen LogP contribution in [0.1, 0.15) is 47.1 Å². The SMILES string of the molecule is Cc1ccc(C(CC(=O)NC2CCc3ccccc32)C(=O)O)cc1. The van der Waals surface area contributed by atoms with Crippen LogP contribution in [0, 0.1) is 6.92 Å². The Bertz CT molecular complexity index is 752. The molecule has 3 rings (SSSR count). The van der Waals surface area contributed by atoms with Crippen LogP contribution >= 0.6 is 0 Å². The van der Waals surface area contributed by atoms with Crippen LogP contribution in [-0.4, -0.2) is 17.0 Å². The van der Waals surface area contributed by atoms with Gasteiger partial charge in [0, 0.05) is 6.42 Å². The summed E-state index contributed by atoms with van der Waals surface area (Å²) in [6.07, 6.45) is 1.77. The van der Waals surface area contributed by atoms with Gasteiger partial charge in [-0.15, -0.1) is 0 Å². The van der Waals surface area contributed by atoms with Crippen LogP contribution in [-0.2, 0) is 16.0 Å². The largest absolute Gasteiger partial charge is 0.481 e. The van der Waals surface area contributed by atoms with Crippen molar-refractivity contribution in [2.24, 2.45) is 0 Å². The summed E-state index contributed by atoms with van der Waals surface area (Å²) in [4.78, 5) is 24.0. The molecule has 0 saturated carbocycles. The van der Waals surface area contributed by atoms with E-state index in [2.05, 4.69) is 11.4 Å². The molecule has 0 bridgehead atoms. The van der Waals surface area contributed by atoms with E-state index in [1.54, 1.807) is 12.1 Å². The minimum absolute atomic E-state index is 0.0128. The highest BCUT2D eigenvalue weighted by Gasteiger charge is 2.27. The van der Waals surface area contributed by atoms with Crippen molar-refractivity contribution in [1.82, 2.24) is 5.32 Å². The average Bonchev–Trinajstić information content (AvgIpc) is 2.96. The lowest BCUT2D eigenvalue weighted by Gasteiger charge is -2.17. The van der Waals surface area contributed by atoms with Crippen molar-refractivity contribution < 1.29 is 14.7 Å². The third kappa shape index (κ3) is 3.48. The van der Waals surface area contributed by atoms with Crippen molar-refractivity contribution in [3.05, 3.63) is 70.8 Å². The number of hydrogen-bond acceptors (Lipinski definition) is 2. The van der Waals surface area contributed by atoms with Crippen LogP contribution in [0.4, 0.5) is 0 Å². The van der Waals surface area contributed by atoms with E-state index in [0.717, 1.165) is 24.0 Å². The van der Waals surface area contributed by atoms with Crippen LogP contribution in [0.5, 0.6) is 0 Å². The van der Waals surface area contributed by atoms with Crippen molar-refractivity contribution in [2.75, 3.05) is 0 Å². The monoisotopic (exact) mass is 323 g/mol. The Labute approximate surface area is 141 Å². The van der Waals surface area contributed by atoms with Crippen LogP contribution < -0.4 is 5.32 Å². The van der Waals surface area contributed by atoms with Gasteiger partial charge in [0.25, 0.3) is 0 Å². The molecule has 0 aliphatic heterocycles. The maximum absolute atomic E-state index is 12.4. The molecule has 2 unspecified atom stereocenters. The van der Waals surface area contributed by atoms with Gasteiger partial charge in [-0.2, -0.15) is 0 Å². The summed E-state index contributed by atoms with van der Waals surface area (Å²) in [5.41, 5.74) is 4.13. The van der Waals surface area contributed by atoms with Crippen molar-refractivity contribution in [3.8, 4) is 0 Å². The molecular formula is C20H21NO3. The molecule has 2 atom stereocenters. The highest BCUT2D eigenvalue weighted by Crippen LogP contribution is 2.31. The molecule has 0 heterocycles. The highest BCUT2D eigenvalue weighted by atomic mass is 16.4. The second-order valence-corrected chi connectivity index (χ2v) is 6.36. The van der Waals surface area contributed by atoms with Gasteiger partial charge >= 0.3 is 5.97 Å². The predicted molar refractivity (Wildman–Crippen MR) is 91.8 cm³/mol. The Balaban J connectivity index is 1.69. The van der Waals surface area contributed by atoms with E-state index in [1.165, 1.54) is 5.56 Å². The third-order valence-corrected chi connectivity index (χ3v) is 4.64. The van der Waals surface area contributed by atoms with Crippen molar-refractivity contribution >= 4 is 11.9 Å². The number of fused-ring (bicyclic) bond motifs is 1. The molecule has 0 aromatic heterocycles. The number of hydrogen-bond donors (Lipinski definition) is 2. The molecule has 0 saturated heterocycles. The molecule has 2 aromatic carbocycles. The Morgan fingerprint density at radius 3 is 2.58 bits per heavy atom. The number of carboxylic acids is 1. The number of carbonyl (C=O) groups excluding carboxylic acids is 1. The number of aliphatic carboxylic acids is 1. The highest BCUT2D eigenvalue weighted by molar-refractivity contribution is 5.86. The summed E-state index contributed by atoms with van der Waals surface area (Å²) < 4.78 is 0. The molecule has 1 amide bonds. The van der Waals surface area contributed by atoms with E-state index < -0.39 is 11.9 Å². The van der Waals surface area contributed by atoms with E-state index in [0.29, 0.717) is 5.56 Å². The molecule has 0 radical (unpaired) electrons. The Morgan fingerprint density at radius 1 is 1.17 bits per heavy atom. The summed E-state index contributed by atoms with van der Waals surface area (Å²) in [5, 5.41) is 12.5. The molecular weight excluding hydrogens is 302 g/mol. The van der Waals surface area contributed by atoms with Crippen molar-refractivity contribution in [3.63, 3.8) is 0 Å². The van der Waals surface area contributed by atoms with E-state index in [-0.39, 0.29) is 18.4 Å². The molecule has 2 aromatic rings. The van der Waals surface area contributed by atoms with Gasteiger partial charge in [-0.3, -0.25) is 9.59 Å². The second kappa shape index (κ2) is 6.87. The molecule has 1 aliphatic carbocycles. The number of carboxylic acid groups (broad SMARTS) is 1. The van der Waals surface area contributed by atoms with Crippen LogP contribution in [0.3, 0.4) is 0 Å². The summed E-state index contributed by atoms with van der Waals surface area (Å²) in [7, 11) is 0. The molecule has 1 aliphatic rings. The molecule has 0 spiro atoms. The lowest BCUT2D eigenvalue weighted by atomic mass is 9.94. The van der Waals surface area contributed by atoms with Gasteiger partial charge in [0.1, 0.15) is 0 Å². The fraction of sp³-hybridized carbons (Fsp3) is 0.300. The molecule has 4 heteroatoms. The number of benzene rings is 2. The summed E-state index contributed by atoms with van der Waals surface area (Å²) in [6, 6.07) is 15.4. The van der Waals surface area contributed by atoms with Gasteiger partial charge < -0.3 is 10.4 Å². The fourth-order valence-electron chi connectivity index (χ4n) is 3.29. The van der Waals surface area contributed by atoms with Gasteiger partial charge in [0.15, 0.2) is 0 Å².